The van der Waals surface area contributed by atoms with E-state index < -0.39 is 15.3 Å². The summed E-state index contributed by atoms with van der Waals surface area (Å²) in [7, 11) is -2.37. The molecule has 3 N–H and O–H groups in total. The van der Waals surface area contributed by atoms with E-state index in [0.29, 0.717) is 28.8 Å². The number of fused-ring (bicyclic) bond motifs is 1. The van der Waals surface area contributed by atoms with E-state index in [2.05, 4.69) is 37.5 Å². The third-order valence-corrected chi connectivity index (χ3v) is 7.40. The second kappa shape index (κ2) is 10.8. The molecule has 39 heavy (non-hydrogen) atoms. The number of aliphatic hydroxyl groups excluding tert-OH is 1. The smallest absolute Gasteiger partial charge is 0.278 e. The van der Waals surface area contributed by atoms with E-state index in [-0.39, 0.29) is 24.7 Å². The molecule has 12 heteroatoms. The summed E-state index contributed by atoms with van der Waals surface area (Å²) in [5.41, 5.74) is 1.68. The summed E-state index contributed by atoms with van der Waals surface area (Å²) in [5.74, 6) is 0.288. The fourth-order valence-electron chi connectivity index (χ4n) is 4.87. The maximum Gasteiger partial charge on any atom is 0.278 e. The van der Waals surface area contributed by atoms with Crippen LogP contribution in [0.1, 0.15) is 6.42 Å². The lowest BCUT2D eigenvalue weighted by molar-refractivity contribution is 0.235. The van der Waals surface area contributed by atoms with Gasteiger partial charge in [-0.05, 0) is 30.7 Å². The number of nitrogens with one attached hydrogen (secondary N) is 2. The van der Waals surface area contributed by atoms with Crippen LogP contribution in [0.3, 0.4) is 0 Å². The van der Waals surface area contributed by atoms with E-state index in [9.17, 15) is 14.1 Å². The molecule has 0 radical (unpaired) electrons. The number of piperazine rings is 1. The topological polar surface area (TPSA) is 130 Å². The number of anilines is 1. The molecule has 2 aromatic heterocycles. The van der Waals surface area contributed by atoms with Crippen molar-refractivity contribution in [3.05, 3.63) is 77.4 Å². The molecule has 0 saturated carbocycles. The van der Waals surface area contributed by atoms with Crippen LogP contribution < -0.4 is 16.2 Å². The zero-order valence-electron chi connectivity index (χ0n) is 22.2. The molecule has 1 aromatic carbocycles. The maximum absolute atomic E-state index is 13.3. The lowest BCUT2D eigenvalue weighted by atomic mass is 9.90. The second-order valence-electron chi connectivity index (χ2n) is 10.1. The molecule has 3 heterocycles. The van der Waals surface area contributed by atoms with Crippen LogP contribution in [0.4, 0.5) is 11.6 Å². The molecule has 5 rings (SSSR count). The van der Waals surface area contributed by atoms with Crippen LogP contribution in [0.5, 0.6) is 0 Å². The molecule has 1 aliphatic heterocycles. The van der Waals surface area contributed by atoms with E-state index in [0.717, 1.165) is 31.9 Å². The van der Waals surface area contributed by atoms with Gasteiger partial charge in [-0.15, -0.1) is 6.58 Å². The highest BCUT2D eigenvalue weighted by molar-refractivity contribution is 7.92. The monoisotopic (exact) mass is 550 g/mol. The first-order valence-corrected chi connectivity index (χ1v) is 15.2. The van der Waals surface area contributed by atoms with E-state index in [1.54, 1.807) is 41.5 Å². The van der Waals surface area contributed by atoms with Crippen LogP contribution in [-0.2, 0) is 16.3 Å². The first kappa shape index (κ1) is 26.9. The number of hydrogen-bond donors (Lipinski definition) is 3. The third kappa shape index (κ3) is 5.68. The molecule has 1 atom stereocenters. The molecule has 11 nitrogen and oxygen atoms in total. The zero-order valence-corrected chi connectivity index (χ0v) is 23.0. The Hall–Kier alpha value is -3.74. The highest BCUT2D eigenvalue weighted by atomic mass is 32.2. The summed E-state index contributed by atoms with van der Waals surface area (Å²) in [6.45, 7) is 7.67. The summed E-state index contributed by atoms with van der Waals surface area (Å²) in [6.07, 6.45) is 13.0. The molecular weight excluding hydrogens is 516 g/mol. The van der Waals surface area contributed by atoms with Crippen molar-refractivity contribution in [1.82, 2.24) is 29.5 Å². The van der Waals surface area contributed by atoms with Gasteiger partial charge >= 0.3 is 0 Å². The maximum atomic E-state index is 13.3. The van der Waals surface area contributed by atoms with Crippen molar-refractivity contribution in [3.63, 3.8) is 0 Å². The molecule has 2 aliphatic rings. The van der Waals surface area contributed by atoms with Gasteiger partial charge in [-0.1, -0.05) is 24.3 Å². The van der Waals surface area contributed by atoms with Crippen molar-refractivity contribution in [1.29, 1.82) is 0 Å². The average Bonchev–Trinajstić information content (AvgIpc) is 3.19. The van der Waals surface area contributed by atoms with Gasteiger partial charge in [-0.2, -0.15) is 9.35 Å². The Labute approximate surface area is 227 Å². The number of nitrogens with zero attached hydrogens (tertiary/aromatic N) is 6. The Kier molecular flexibility index (Phi) is 7.43. The van der Waals surface area contributed by atoms with Crippen molar-refractivity contribution >= 4 is 32.4 Å². The quantitative estimate of drug-likeness (QED) is 0.363. The van der Waals surface area contributed by atoms with Crippen molar-refractivity contribution in [2.24, 2.45) is 4.36 Å². The molecule has 0 amide bonds. The first-order valence-electron chi connectivity index (χ1n) is 12.8. The minimum absolute atomic E-state index is 0.155. The molecule has 1 aliphatic carbocycles. The Morgan fingerprint density at radius 1 is 1.31 bits per heavy atom. The van der Waals surface area contributed by atoms with Crippen molar-refractivity contribution < 1.29 is 9.32 Å². The van der Waals surface area contributed by atoms with Crippen LogP contribution >= 0.6 is 0 Å². The average molecular weight is 551 g/mol. The summed E-state index contributed by atoms with van der Waals surface area (Å²) < 4.78 is 19.8. The normalized spacial score (nSPS) is 19.7. The molecule has 0 bridgehead atoms. The van der Waals surface area contributed by atoms with Crippen molar-refractivity contribution in [2.45, 2.75) is 18.5 Å². The number of hydrogen-bond acceptors (Lipinski definition) is 9. The highest BCUT2D eigenvalue weighted by Crippen LogP contribution is 2.27. The molecule has 0 spiro atoms. The minimum Gasteiger partial charge on any atom is -0.394 e. The fourth-order valence-corrected chi connectivity index (χ4v) is 5.49. The van der Waals surface area contributed by atoms with Gasteiger partial charge < -0.3 is 20.6 Å². The predicted octanol–water partition coefficient (Wildman–Crippen LogP) is 2.02. The van der Waals surface area contributed by atoms with Gasteiger partial charge in [0.15, 0.2) is 5.65 Å². The number of allylic oxidation sites excluding steroid dienone is 2. The summed E-state index contributed by atoms with van der Waals surface area (Å²) in [4.78, 5) is 24.8. The molecule has 3 aromatic rings. The van der Waals surface area contributed by atoms with Gasteiger partial charge in [0.1, 0.15) is 5.39 Å². The lowest BCUT2D eigenvalue weighted by Gasteiger charge is -2.36. The van der Waals surface area contributed by atoms with Gasteiger partial charge in [-0.3, -0.25) is 4.79 Å². The molecule has 1 saturated heterocycles. The van der Waals surface area contributed by atoms with Gasteiger partial charge in [0.05, 0.1) is 30.1 Å². The van der Waals surface area contributed by atoms with E-state index in [1.807, 2.05) is 18.2 Å². The largest absolute Gasteiger partial charge is 0.394 e. The Morgan fingerprint density at radius 2 is 2.10 bits per heavy atom. The first-order chi connectivity index (χ1) is 18.7. The summed E-state index contributed by atoms with van der Waals surface area (Å²) >= 11 is 0. The van der Waals surface area contributed by atoms with Gasteiger partial charge in [-0.25, -0.2) is 18.6 Å². The predicted molar refractivity (Wildman–Crippen MR) is 155 cm³/mol. The van der Waals surface area contributed by atoms with Crippen LogP contribution in [0.15, 0.2) is 76.2 Å². The Bertz CT molecular complexity index is 1630. The van der Waals surface area contributed by atoms with E-state index in [1.165, 1.54) is 10.9 Å². The molecule has 206 valence electrons. The molecule has 1 fully saturated rings. The second-order valence-corrected chi connectivity index (χ2v) is 12.6. The van der Waals surface area contributed by atoms with Crippen LogP contribution in [0, 0.1) is 0 Å². The van der Waals surface area contributed by atoms with Crippen LogP contribution in [0.25, 0.3) is 16.7 Å². The highest BCUT2D eigenvalue weighted by Gasteiger charge is 2.30. The Morgan fingerprint density at radius 3 is 2.77 bits per heavy atom. The molecular formula is C27H34N8O3S. The molecule has 1 unspecified atom stereocenters. The van der Waals surface area contributed by atoms with Crippen LogP contribution in [-0.4, -0.2) is 84.4 Å². The van der Waals surface area contributed by atoms with E-state index in [4.69, 9.17) is 4.98 Å². The SMILES string of the molecule is C=CCn1c(=O)c2cnc(NC3(CO)C=CC(N4CCNCC4)=CC3)nc2n1-c1cccc(N=S(C)(C)=O)c1. The number of aliphatic hydroxyl groups is 1. The van der Waals surface area contributed by atoms with Crippen molar-refractivity contribution in [3.8, 4) is 5.69 Å². The Balaban J connectivity index is 1.53. The standard InChI is InChI=1S/C27H34N8O3S/c1-4-14-34-25(37)23-18-29-26(30-24(23)35(34)22-7-5-6-20(17-22)32-39(2,3)38)31-27(19-36)10-8-21(9-11-27)33-15-12-28-13-16-33/h4-10,17-18,28,36H,1,11-16,19H2,2-3H3,(H,29,30,31). The minimum atomic E-state index is -2.37. The third-order valence-electron chi connectivity index (χ3n) is 6.75. The zero-order chi connectivity index (χ0) is 27.6. The fraction of sp³-hybridized carbons (Fsp3) is 0.370. The number of aromatic nitrogens is 4. The van der Waals surface area contributed by atoms with Gasteiger partial charge in [0.25, 0.3) is 5.56 Å². The van der Waals surface area contributed by atoms with Crippen LogP contribution in [0.2, 0.25) is 0 Å². The summed E-state index contributed by atoms with van der Waals surface area (Å²) in [5, 5.41) is 17.4. The number of benzene rings is 1. The lowest BCUT2D eigenvalue weighted by Crippen LogP contribution is -2.45. The van der Waals surface area contributed by atoms with Crippen molar-refractivity contribution in [2.75, 3.05) is 50.6 Å². The number of rotatable bonds is 8. The van der Waals surface area contributed by atoms with Gasteiger partial charge in [0.2, 0.25) is 5.95 Å². The van der Waals surface area contributed by atoms with Gasteiger partial charge in [0, 0.05) is 60.3 Å². The van der Waals surface area contributed by atoms with E-state index >= 15 is 0 Å². The summed E-state index contributed by atoms with van der Waals surface area (Å²) in [6, 6.07) is 7.16.